The van der Waals surface area contributed by atoms with Crippen molar-refractivity contribution in [2.45, 2.75) is 32.4 Å². The highest BCUT2D eigenvalue weighted by Gasteiger charge is 2.16. The van der Waals surface area contributed by atoms with Gasteiger partial charge in [0.15, 0.2) is 11.5 Å². The van der Waals surface area contributed by atoms with Gasteiger partial charge in [-0.25, -0.2) is 4.79 Å². The number of ether oxygens (including phenoxy) is 2. The van der Waals surface area contributed by atoms with Gasteiger partial charge in [-0.2, -0.15) is 0 Å². The van der Waals surface area contributed by atoms with Crippen LogP contribution in [0.5, 0.6) is 11.5 Å². The SMILES string of the molecule is C[C@H](CCc1ccccc1)NC(=O)c1ccc2c(=O)n(Cc3ccc4c(c3)OCO4)c(=O)[nH]c2c1. The van der Waals surface area contributed by atoms with E-state index in [4.69, 9.17) is 9.47 Å². The van der Waals surface area contributed by atoms with Crippen LogP contribution >= 0.6 is 0 Å². The number of amides is 1. The van der Waals surface area contributed by atoms with Gasteiger partial charge in [0.2, 0.25) is 6.79 Å². The molecule has 0 radical (unpaired) electrons. The number of carbonyl (C=O) groups excluding carboxylic acids is 1. The number of hydrogen-bond acceptors (Lipinski definition) is 5. The lowest BCUT2D eigenvalue weighted by molar-refractivity contribution is 0.0938. The number of aromatic amines is 1. The Kier molecular flexibility index (Phi) is 6.10. The Balaban J connectivity index is 1.32. The van der Waals surface area contributed by atoms with E-state index in [-0.39, 0.29) is 25.3 Å². The molecule has 0 fully saturated rings. The zero-order valence-electron chi connectivity index (χ0n) is 19.2. The zero-order chi connectivity index (χ0) is 24.4. The number of nitrogens with one attached hydrogen (secondary N) is 2. The summed E-state index contributed by atoms with van der Waals surface area (Å²) in [6, 6.07) is 20.1. The third kappa shape index (κ3) is 4.82. The predicted octanol–water partition coefficient (Wildman–Crippen LogP) is 3.22. The summed E-state index contributed by atoms with van der Waals surface area (Å²) in [4.78, 5) is 41.3. The first-order chi connectivity index (χ1) is 17.0. The van der Waals surface area contributed by atoms with Crippen molar-refractivity contribution in [3.05, 3.63) is 104 Å². The summed E-state index contributed by atoms with van der Waals surface area (Å²) in [5, 5.41) is 3.32. The Morgan fingerprint density at radius 1 is 1.00 bits per heavy atom. The zero-order valence-corrected chi connectivity index (χ0v) is 19.2. The molecule has 0 bridgehead atoms. The van der Waals surface area contributed by atoms with E-state index in [1.807, 2.05) is 25.1 Å². The van der Waals surface area contributed by atoms with Gasteiger partial charge in [0.1, 0.15) is 0 Å². The van der Waals surface area contributed by atoms with Crippen LogP contribution in [0.4, 0.5) is 0 Å². The van der Waals surface area contributed by atoms with E-state index in [0.29, 0.717) is 28.0 Å². The molecular weight excluding hydrogens is 446 g/mol. The number of fused-ring (bicyclic) bond motifs is 2. The number of aromatic nitrogens is 2. The van der Waals surface area contributed by atoms with Gasteiger partial charge in [-0.3, -0.25) is 14.2 Å². The first-order valence-electron chi connectivity index (χ1n) is 11.5. The topological polar surface area (TPSA) is 102 Å². The summed E-state index contributed by atoms with van der Waals surface area (Å²) in [5.74, 6) is 0.966. The minimum atomic E-state index is -0.547. The van der Waals surface area contributed by atoms with Gasteiger partial charge in [0, 0.05) is 11.6 Å². The molecule has 1 aromatic heterocycles. The van der Waals surface area contributed by atoms with Crippen LogP contribution < -0.4 is 26.0 Å². The summed E-state index contributed by atoms with van der Waals surface area (Å²) in [5.41, 5.74) is 1.69. The van der Waals surface area contributed by atoms with Crippen LogP contribution in [-0.2, 0) is 13.0 Å². The normalized spacial score (nSPS) is 13.1. The van der Waals surface area contributed by atoms with Crippen LogP contribution in [0.1, 0.15) is 34.8 Å². The van der Waals surface area contributed by atoms with Crippen LogP contribution in [0.2, 0.25) is 0 Å². The van der Waals surface area contributed by atoms with Crippen molar-refractivity contribution in [3.8, 4) is 11.5 Å². The molecule has 2 heterocycles. The van der Waals surface area contributed by atoms with Crippen molar-refractivity contribution in [2.75, 3.05) is 6.79 Å². The molecule has 1 atom stereocenters. The van der Waals surface area contributed by atoms with Crippen molar-refractivity contribution in [2.24, 2.45) is 0 Å². The molecule has 178 valence electrons. The number of H-pyrrole nitrogens is 1. The predicted molar refractivity (Wildman–Crippen MR) is 132 cm³/mol. The molecule has 8 heteroatoms. The lowest BCUT2D eigenvalue weighted by Crippen LogP contribution is -2.36. The third-order valence-electron chi connectivity index (χ3n) is 6.11. The summed E-state index contributed by atoms with van der Waals surface area (Å²) >= 11 is 0. The lowest BCUT2D eigenvalue weighted by atomic mass is 10.1. The smallest absolute Gasteiger partial charge is 0.329 e. The molecule has 8 nitrogen and oxygen atoms in total. The molecule has 0 saturated carbocycles. The Morgan fingerprint density at radius 2 is 1.80 bits per heavy atom. The van der Waals surface area contributed by atoms with E-state index in [1.165, 1.54) is 5.56 Å². The molecule has 0 spiro atoms. The van der Waals surface area contributed by atoms with E-state index >= 15 is 0 Å². The second-order valence-corrected chi connectivity index (χ2v) is 8.67. The van der Waals surface area contributed by atoms with Gasteiger partial charge in [0.25, 0.3) is 11.5 Å². The molecule has 4 aromatic rings. The fraction of sp³-hybridized carbons (Fsp3) is 0.222. The van der Waals surface area contributed by atoms with Gasteiger partial charge >= 0.3 is 5.69 Å². The van der Waals surface area contributed by atoms with Crippen molar-refractivity contribution in [3.63, 3.8) is 0 Å². The molecule has 0 unspecified atom stereocenters. The first kappa shape index (κ1) is 22.5. The molecule has 1 amide bonds. The van der Waals surface area contributed by atoms with Crippen LogP contribution in [0.25, 0.3) is 10.9 Å². The van der Waals surface area contributed by atoms with Crippen molar-refractivity contribution >= 4 is 16.8 Å². The van der Waals surface area contributed by atoms with Crippen LogP contribution in [0, 0.1) is 0 Å². The number of nitrogens with zero attached hydrogens (tertiary/aromatic N) is 1. The Hall–Kier alpha value is -4.33. The second-order valence-electron chi connectivity index (χ2n) is 8.67. The van der Waals surface area contributed by atoms with Crippen molar-refractivity contribution in [1.29, 1.82) is 0 Å². The largest absolute Gasteiger partial charge is 0.454 e. The maximum Gasteiger partial charge on any atom is 0.329 e. The highest BCUT2D eigenvalue weighted by Crippen LogP contribution is 2.32. The monoisotopic (exact) mass is 471 g/mol. The molecule has 3 aromatic carbocycles. The van der Waals surface area contributed by atoms with Crippen molar-refractivity contribution < 1.29 is 14.3 Å². The van der Waals surface area contributed by atoms with Gasteiger partial charge in [0.05, 0.1) is 17.4 Å². The minimum Gasteiger partial charge on any atom is -0.454 e. The Bertz CT molecular complexity index is 1510. The highest BCUT2D eigenvalue weighted by atomic mass is 16.7. The van der Waals surface area contributed by atoms with E-state index in [0.717, 1.165) is 23.0 Å². The van der Waals surface area contributed by atoms with E-state index in [2.05, 4.69) is 22.4 Å². The molecule has 1 aliphatic rings. The van der Waals surface area contributed by atoms with E-state index < -0.39 is 11.2 Å². The summed E-state index contributed by atoms with van der Waals surface area (Å²) in [6.07, 6.45) is 1.65. The van der Waals surface area contributed by atoms with Gasteiger partial charge in [-0.15, -0.1) is 0 Å². The number of carbonyl (C=O) groups is 1. The summed E-state index contributed by atoms with van der Waals surface area (Å²) in [7, 11) is 0. The third-order valence-corrected chi connectivity index (χ3v) is 6.11. The summed E-state index contributed by atoms with van der Waals surface area (Å²) in [6.45, 7) is 2.19. The molecule has 5 rings (SSSR count). The number of benzene rings is 3. The fourth-order valence-electron chi connectivity index (χ4n) is 4.17. The maximum absolute atomic E-state index is 13.1. The highest BCUT2D eigenvalue weighted by molar-refractivity contribution is 5.97. The minimum absolute atomic E-state index is 0.0350. The van der Waals surface area contributed by atoms with Crippen molar-refractivity contribution in [1.82, 2.24) is 14.9 Å². The quantitative estimate of drug-likeness (QED) is 0.431. The second kappa shape index (κ2) is 9.50. The fourth-order valence-corrected chi connectivity index (χ4v) is 4.17. The standard InChI is InChI=1S/C27H25N3O5/c1-17(7-8-18-5-3-2-4-6-18)28-25(31)20-10-11-21-22(14-20)29-27(33)30(26(21)32)15-19-9-12-23-24(13-19)35-16-34-23/h2-6,9-14,17H,7-8,15-16H2,1H3,(H,28,31)(H,29,33)/t17-/m1/s1. The number of aryl methyl sites for hydroxylation is 1. The number of rotatable bonds is 7. The van der Waals surface area contributed by atoms with E-state index in [1.54, 1.807) is 36.4 Å². The van der Waals surface area contributed by atoms with Gasteiger partial charge in [-0.05, 0) is 61.2 Å². The average molecular weight is 472 g/mol. The maximum atomic E-state index is 13.1. The van der Waals surface area contributed by atoms with E-state index in [9.17, 15) is 14.4 Å². The molecule has 1 aliphatic heterocycles. The molecule has 2 N–H and O–H groups in total. The van der Waals surface area contributed by atoms with Crippen LogP contribution in [0.15, 0.2) is 76.3 Å². The summed E-state index contributed by atoms with van der Waals surface area (Å²) < 4.78 is 11.8. The Morgan fingerprint density at radius 3 is 2.63 bits per heavy atom. The lowest BCUT2D eigenvalue weighted by Gasteiger charge is -2.14. The molecule has 0 saturated heterocycles. The first-order valence-corrected chi connectivity index (χ1v) is 11.5. The average Bonchev–Trinajstić information content (AvgIpc) is 3.33. The molecule has 35 heavy (non-hydrogen) atoms. The molecular formula is C27H25N3O5. The van der Waals surface area contributed by atoms with Crippen LogP contribution in [-0.4, -0.2) is 28.3 Å². The number of hydrogen-bond donors (Lipinski definition) is 2. The van der Waals surface area contributed by atoms with Gasteiger partial charge in [-0.1, -0.05) is 36.4 Å². The molecule has 0 aliphatic carbocycles. The Labute approximate surface area is 201 Å². The van der Waals surface area contributed by atoms with Crippen LogP contribution in [0.3, 0.4) is 0 Å². The van der Waals surface area contributed by atoms with Gasteiger partial charge < -0.3 is 19.8 Å².